The normalized spacial score (nSPS) is 13.9. The summed E-state index contributed by atoms with van der Waals surface area (Å²) in [5, 5.41) is 12.0. The molecule has 5 heteroatoms. The van der Waals surface area contributed by atoms with Gasteiger partial charge in [0.25, 0.3) is 0 Å². The molecule has 22 heavy (non-hydrogen) atoms. The summed E-state index contributed by atoms with van der Waals surface area (Å²) in [5.74, 6) is -0.153. The topological polar surface area (TPSA) is 32.6 Å². The number of nitrogens with zero attached hydrogens (tertiary/aromatic N) is 1. The molecule has 0 saturated carbocycles. The molecule has 0 aliphatic carbocycles. The third-order valence-corrected chi connectivity index (χ3v) is 3.51. The maximum Gasteiger partial charge on any atom is 0.416 e. The monoisotopic (exact) mass is 307 g/mol. The second-order valence-electron chi connectivity index (χ2n) is 5.12. The molecule has 0 spiro atoms. The van der Waals surface area contributed by atoms with Crippen LogP contribution in [0.3, 0.4) is 0 Å². The quantitative estimate of drug-likeness (QED) is 0.477. The van der Waals surface area contributed by atoms with Crippen molar-refractivity contribution in [1.29, 1.82) is 0 Å². The van der Waals surface area contributed by atoms with E-state index in [0.717, 1.165) is 23.3 Å². The standard InChI is InChI=1S/C17H16F3NO/c1-12(21-22)11-16(13-5-3-2-4-6-13)14-7-9-15(10-8-14)17(18,19)20/h2-10,16,22H,11H2,1H3. The summed E-state index contributed by atoms with van der Waals surface area (Å²) >= 11 is 0. The fraction of sp³-hybridized carbons (Fsp3) is 0.235. The largest absolute Gasteiger partial charge is 0.416 e. The van der Waals surface area contributed by atoms with Crippen LogP contribution in [0.4, 0.5) is 13.2 Å². The summed E-state index contributed by atoms with van der Waals surface area (Å²) in [6.07, 6.45) is -3.91. The molecule has 0 aliphatic rings. The van der Waals surface area contributed by atoms with Crippen LogP contribution in [0, 0.1) is 0 Å². The molecule has 0 amide bonds. The van der Waals surface area contributed by atoms with Crippen molar-refractivity contribution in [2.24, 2.45) is 5.16 Å². The van der Waals surface area contributed by atoms with Gasteiger partial charge in [0, 0.05) is 5.92 Å². The van der Waals surface area contributed by atoms with E-state index in [9.17, 15) is 13.2 Å². The first-order valence-corrected chi connectivity index (χ1v) is 6.81. The third-order valence-electron chi connectivity index (χ3n) is 3.51. The SMILES string of the molecule is CC(CC(c1ccccc1)c1ccc(C(F)(F)F)cc1)=NO. The van der Waals surface area contributed by atoms with Gasteiger partial charge in [-0.3, -0.25) is 0 Å². The van der Waals surface area contributed by atoms with E-state index < -0.39 is 11.7 Å². The molecule has 1 unspecified atom stereocenters. The molecule has 0 radical (unpaired) electrons. The van der Waals surface area contributed by atoms with Crippen LogP contribution in [-0.2, 0) is 6.18 Å². The molecule has 2 aromatic carbocycles. The summed E-state index contributed by atoms with van der Waals surface area (Å²) in [6, 6.07) is 14.6. The van der Waals surface area contributed by atoms with Gasteiger partial charge >= 0.3 is 6.18 Å². The lowest BCUT2D eigenvalue weighted by Gasteiger charge is -2.18. The molecule has 2 rings (SSSR count). The smallest absolute Gasteiger partial charge is 0.411 e. The van der Waals surface area contributed by atoms with Gasteiger partial charge in [-0.05, 0) is 36.6 Å². The second kappa shape index (κ2) is 6.64. The number of rotatable bonds is 4. The van der Waals surface area contributed by atoms with Gasteiger partial charge < -0.3 is 5.21 Å². The van der Waals surface area contributed by atoms with Crippen LogP contribution >= 0.6 is 0 Å². The Hall–Kier alpha value is -2.30. The summed E-state index contributed by atoms with van der Waals surface area (Å²) in [4.78, 5) is 0. The first-order chi connectivity index (χ1) is 10.4. The predicted molar refractivity (Wildman–Crippen MR) is 79.2 cm³/mol. The first kappa shape index (κ1) is 16.1. The first-order valence-electron chi connectivity index (χ1n) is 6.81. The highest BCUT2D eigenvalue weighted by atomic mass is 19.4. The van der Waals surface area contributed by atoms with Gasteiger partial charge in [-0.25, -0.2) is 0 Å². The van der Waals surface area contributed by atoms with E-state index in [0.29, 0.717) is 12.1 Å². The Morgan fingerprint density at radius 3 is 2.05 bits per heavy atom. The third kappa shape index (κ3) is 3.87. The van der Waals surface area contributed by atoms with Crippen molar-refractivity contribution in [2.45, 2.75) is 25.4 Å². The van der Waals surface area contributed by atoms with Crippen molar-refractivity contribution in [1.82, 2.24) is 0 Å². The predicted octanol–water partition coefficient (Wildman–Crippen LogP) is 5.08. The Morgan fingerprint density at radius 2 is 1.55 bits per heavy atom. The highest BCUT2D eigenvalue weighted by molar-refractivity contribution is 5.82. The number of hydrogen-bond acceptors (Lipinski definition) is 2. The van der Waals surface area contributed by atoms with Crippen LogP contribution < -0.4 is 0 Å². The van der Waals surface area contributed by atoms with E-state index >= 15 is 0 Å². The highest BCUT2D eigenvalue weighted by Gasteiger charge is 2.30. The lowest BCUT2D eigenvalue weighted by atomic mass is 9.87. The Bertz CT molecular complexity index is 633. The number of hydrogen-bond donors (Lipinski definition) is 1. The maximum atomic E-state index is 12.7. The molecule has 0 heterocycles. The number of benzene rings is 2. The Kier molecular flexibility index (Phi) is 4.85. The Morgan fingerprint density at radius 1 is 1.00 bits per heavy atom. The summed E-state index contributed by atoms with van der Waals surface area (Å²) < 4.78 is 38.0. The minimum Gasteiger partial charge on any atom is -0.411 e. The summed E-state index contributed by atoms with van der Waals surface area (Å²) in [5.41, 5.74) is 1.57. The summed E-state index contributed by atoms with van der Waals surface area (Å²) in [6.45, 7) is 1.68. The van der Waals surface area contributed by atoms with Gasteiger partial charge in [0.15, 0.2) is 0 Å². The van der Waals surface area contributed by atoms with E-state index in [1.165, 1.54) is 12.1 Å². The fourth-order valence-electron chi connectivity index (χ4n) is 2.35. The van der Waals surface area contributed by atoms with Crippen LogP contribution in [0.2, 0.25) is 0 Å². The van der Waals surface area contributed by atoms with Crippen molar-refractivity contribution in [2.75, 3.05) is 0 Å². The molecule has 0 fully saturated rings. The van der Waals surface area contributed by atoms with Gasteiger partial charge in [-0.2, -0.15) is 13.2 Å². The lowest BCUT2D eigenvalue weighted by molar-refractivity contribution is -0.137. The fourth-order valence-corrected chi connectivity index (χ4v) is 2.35. The van der Waals surface area contributed by atoms with Crippen molar-refractivity contribution >= 4 is 5.71 Å². The van der Waals surface area contributed by atoms with Gasteiger partial charge in [0.05, 0.1) is 11.3 Å². The van der Waals surface area contributed by atoms with Gasteiger partial charge in [-0.1, -0.05) is 47.6 Å². The van der Waals surface area contributed by atoms with Gasteiger partial charge in [-0.15, -0.1) is 0 Å². The van der Waals surface area contributed by atoms with Crippen molar-refractivity contribution < 1.29 is 18.4 Å². The zero-order chi connectivity index (χ0) is 16.2. The molecule has 116 valence electrons. The maximum absolute atomic E-state index is 12.7. The van der Waals surface area contributed by atoms with E-state index in [2.05, 4.69) is 5.16 Å². The van der Waals surface area contributed by atoms with Crippen LogP contribution in [0.5, 0.6) is 0 Å². The molecule has 0 saturated heterocycles. The lowest BCUT2D eigenvalue weighted by Crippen LogP contribution is -2.08. The molecular weight excluding hydrogens is 291 g/mol. The molecule has 1 N–H and O–H groups in total. The molecule has 2 aromatic rings. The van der Waals surface area contributed by atoms with Crippen molar-refractivity contribution in [3.63, 3.8) is 0 Å². The van der Waals surface area contributed by atoms with E-state index in [-0.39, 0.29) is 5.92 Å². The van der Waals surface area contributed by atoms with Gasteiger partial charge in [0.1, 0.15) is 0 Å². The molecular formula is C17H16F3NO. The molecule has 2 nitrogen and oxygen atoms in total. The summed E-state index contributed by atoms with van der Waals surface area (Å²) in [7, 11) is 0. The van der Waals surface area contributed by atoms with Crippen LogP contribution in [0.15, 0.2) is 59.8 Å². The number of halogens is 3. The van der Waals surface area contributed by atoms with Crippen LogP contribution in [0.1, 0.15) is 36.0 Å². The van der Waals surface area contributed by atoms with E-state index in [4.69, 9.17) is 5.21 Å². The molecule has 0 aromatic heterocycles. The minimum absolute atomic E-state index is 0.153. The highest BCUT2D eigenvalue weighted by Crippen LogP contribution is 2.33. The minimum atomic E-state index is -4.34. The molecule has 0 bridgehead atoms. The Labute approximate surface area is 126 Å². The zero-order valence-corrected chi connectivity index (χ0v) is 12.0. The van der Waals surface area contributed by atoms with E-state index in [1.807, 2.05) is 30.3 Å². The second-order valence-corrected chi connectivity index (χ2v) is 5.12. The molecule has 1 atom stereocenters. The number of alkyl halides is 3. The zero-order valence-electron chi connectivity index (χ0n) is 12.0. The average Bonchev–Trinajstić information content (AvgIpc) is 2.52. The van der Waals surface area contributed by atoms with Crippen molar-refractivity contribution in [3.8, 4) is 0 Å². The van der Waals surface area contributed by atoms with Crippen LogP contribution in [-0.4, -0.2) is 10.9 Å². The van der Waals surface area contributed by atoms with Crippen LogP contribution in [0.25, 0.3) is 0 Å². The molecule has 0 aliphatic heterocycles. The Balaban J connectivity index is 2.37. The van der Waals surface area contributed by atoms with Crippen molar-refractivity contribution in [3.05, 3.63) is 71.3 Å². The number of oxime groups is 1. The van der Waals surface area contributed by atoms with E-state index in [1.54, 1.807) is 6.92 Å². The average molecular weight is 307 g/mol. The van der Waals surface area contributed by atoms with Gasteiger partial charge in [0.2, 0.25) is 0 Å².